The van der Waals surface area contributed by atoms with Crippen LogP contribution in [0.3, 0.4) is 0 Å². The fraction of sp³-hybridized carbons (Fsp3) is 0.524. The Balaban J connectivity index is 1.60. The predicted octanol–water partition coefficient (Wildman–Crippen LogP) is 2.46. The number of anilines is 1. The molecule has 2 aliphatic rings. The Morgan fingerprint density at radius 2 is 2.04 bits per heavy atom. The van der Waals surface area contributed by atoms with E-state index in [1.54, 1.807) is 6.07 Å². The number of hydrogen-bond acceptors (Lipinski definition) is 6. The molecular formula is C21H27N5O2. The minimum absolute atomic E-state index is 0.0433. The molecule has 2 aromatic heterocycles. The predicted molar refractivity (Wildman–Crippen MR) is 106 cm³/mol. The number of morpholine rings is 1. The van der Waals surface area contributed by atoms with Crippen molar-refractivity contribution in [3.8, 4) is 0 Å². The Morgan fingerprint density at radius 3 is 2.79 bits per heavy atom. The molecule has 0 unspecified atom stereocenters. The van der Waals surface area contributed by atoms with Gasteiger partial charge in [0.25, 0.3) is 5.91 Å². The third kappa shape index (κ3) is 3.99. The number of hydrogen-bond donors (Lipinski definition) is 1. The van der Waals surface area contributed by atoms with Gasteiger partial charge in [-0.3, -0.25) is 4.79 Å². The fourth-order valence-corrected chi connectivity index (χ4v) is 3.98. The summed E-state index contributed by atoms with van der Waals surface area (Å²) in [6, 6.07) is 5.37. The van der Waals surface area contributed by atoms with Gasteiger partial charge in [0.2, 0.25) is 5.95 Å². The van der Waals surface area contributed by atoms with Crippen molar-refractivity contribution in [2.45, 2.75) is 39.7 Å². The van der Waals surface area contributed by atoms with E-state index in [0.717, 1.165) is 48.8 Å². The van der Waals surface area contributed by atoms with Crippen molar-refractivity contribution in [3.63, 3.8) is 0 Å². The Hall–Kier alpha value is -2.54. The van der Waals surface area contributed by atoms with Gasteiger partial charge in [0.15, 0.2) is 0 Å². The number of amides is 1. The largest absolute Gasteiger partial charge is 0.378 e. The molecule has 148 valence electrons. The summed E-state index contributed by atoms with van der Waals surface area (Å²) < 4.78 is 5.43. The van der Waals surface area contributed by atoms with Crippen molar-refractivity contribution in [3.05, 3.63) is 47.0 Å². The number of fused-ring (bicyclic) bond motifs is 1. The zero-order valence-corrected chi connectivity index (χ0v) is 16.7. The van der Waals surface area contributed by atoms with Gasteiger partial charge in [0.1, 0.15) is 5.69 Å². The van der Waals surface area contributed by atoms with Crippen LogP contribution in [0.4, 0.5) is 5.95 Å². The van der Waals surface area contributed by atoms with Crippen molar-refractivity contribution in [1.29, 1.82) is 0 Å². The monoisotopic (exact) mass is 381 g/mol. The molecule has 1 saturated heterocycles. The van der Waals surface area contributed by atoms with Gasteiger partial charge in [-0.2, -0.15) is 0 Å². The first-order valence-electron chi connectivity index (χ1n) is 9.84. The lowest BCUT2D eigenvalue weighted by atomic mass is 9.74. The smallest absolute Gasteiger partial charge is 0.270 e. The van der Waals surface area contributed by atoms with E-state index >= 15 is 0 Å². The van der Waals surface area contributed by atoms with E-state index in [0.29, 0.717) is 18.9 Å². The maximum atomic E-state index is 12.8. The summed E-state index contributed by atoms with van der Waals surface area (Å²) in [5, 5.41) is 3.16. The first-order valence-corrected chi connectivity index (χ1v) is 9.84. The molecule has 4 rings (SSSR count). The molecule has 2 aromatic rings. The van der Waals surface area contributed by atoms with E-state index in [-0.39, 0.29) is 17.4 Å². The molecule has 1 aliphatic carbocycles. The molecule has 7 nitrogen and oxygen atoms in total. The molecule has 0 radical (unpaired) electrons. The number of pyridine rings is 1. The van der Waals surface area contributed by atoms with Crippen LogP contribution in [-0.4, -0.2) is 47.2 Å². The third-order valence-electron chi connectivity index (χ3n) is 5.39. The van der Waals surface area contributed by atoms with Crippen molar-refractivity contribution in [2.75, 3.05) is 31.2 Å². The average Bonchev–Trinajstić information content (AvgIpc) is 2.67. The van der Waals surface area contributed by atoms with Crippen LogP contribution in [0.1, 0.15) is 53.7 Å². The van der Waals surface area contributed by atoms with Gasteiger partial charge < -0.3 is 15.0 Å². The molecule has 1 amide bonds. The highest BCUT2D eigenvalue weighted by molar-refractivity contribution is 5.92. The Kier molecular flexibility index (Phi) is 5.02. The van der Waals surface area contributed by atoms with E-state index in [4.69, 9.17) is 9.72 Å². The van der Waals surface area contributed by atoms with E-state index in [1.165, 1.54) is 0 Å². The van der Waals surface area contributed by atoms with Crippen LogP contribution in [0.25, 0.3) is 0 Å². The molecular weight excluding hydrogens is 354 g/mol. The molecule has 1 fully saturated rings. The summed E-state index contributed by atoms with van der Waals surface area (Å²) in [7, 11) is 0. The average molecular weight is 381 g/mol. The minimum atomic E-state index is -0.158. The standard InChI is InChI=1S/C21H27N5O2/c1-14-5-4-6-16(23-14)19(27)24-17-11-21(2,3)12-18-15(17)13-22-20(25-18)26-7-9-28-10-8-26/h4-6,13,17H,7-12H2,1-3H3,(H,24,27)/t17-/m0/s1. The second-order valence-electron chi connectivity index (χ2n) is 8.41. The third-order valence-corrected chi connectivity index (χ3v) is 5.39. The molecule has 0 saturated carbocycles. The molecule has 0 bridgehead atoms. The number of rotatable bonds is 3. The highest BCUT2D eigenvalue weighted by atomic mass is 16.5. The summed E-state index contributed by atoms with van der Waals surface area (Å²) in [6.07, 6.45) is 3.60. The maximum absolute atomic E-state index is 12.8. The molecule has 0 aromatic carbocycles. The van der Waals surface area contributed by atoms with Gasteiger partial charge in [-0.25, -0.2) is 15.0 Å². The number of carbonyl (C=O) groups excluding carboxylic acids is 1. The number of nitrogens with zero attached hydrogens (tertiary/aromatic N) is 4. The Bertz CT molecular complexity index is 877. The molecule has 1 atom stereocenters. The second-order valence-corrected chi connectivity index (χ2v) is 8.41. The van der Waals surface area contributed by atoms with E-state index in [9.17, 15) is 4.79 Å². The van der Waals surface area contributed by atoms with Crippen molar-refractivity contribution in [2.24, 2.45) is 5.41 Å². The van der Waals surface area contributed by atoms with Crippen LogP contribution >= 0.6 is 0 Å². The van der Waals surface area contributed by atoms with Gasteiger partial charge in [-0.15, -0.1) is 0 Å². The number of aromatic nitrogens is 3. The van der Waals surface area contributed by atoms with Gasteiger partial charge in [-0.05, 0) is 37.3 Å². The molecule has 0 spiro atoms. The lowest BCUT2D eigenvalue weighted by Gasteiger charge is -2.37. The fourth-order valence-electron chi connectivity index (χ4n) is 3.98. The van der Waals surface area contributed by atoms with Crippen LogP contribution in [0.5, 0.6) is 0 Å². The topological polar surface area (TPSA) is 80.2 Å². The van der Waals surface area contributed by atoms with E-state index in [2.05, 4.69) is 34.0 Å². The van der Waals surface area contributed by atoms with Gasteiger partial charge in [0.05, 0.1) is 24.9 Å². The summed E-state index contributed by atoms with van der Waals surface area (Å²) in [5.41, 5.74) is 3.35. The Morgan fingerprint density at radius 1 is 1.25 bits per heavy atom. The minimum Gasteiger partial charge on any atom is -0.378 e. The van der Waals surface area contributed by atoms with Crippen LogP contribution in [0.15, 0.2) is 24.4 Å². The van der Waals surface area contributed by atoms with Crippen LogP contribution in [0, 0.1) is 12.3 Å². The highest BCUT2D eigenvalue weighted by Crippen LogP contribution is 2.40. The van der Waals surface area contributed by atoms with Crippen LogP contribution < -0.4 is 10.2 Å². The second kappa shape index (κ2) is 7.47. The lowest BCUT2D eigenvalue weighted by Crippen LogP contribution is -2.40. The van der Waals surface area contributed by atoms with Crippen molar-refractivity contribution in [1.82, 2.24) is 20.3 Å². The van der Waals surface area contributed by atoms with Crippen molar-refractivity contribution < 1.29 is 9.53 Å². The van der Waals surface area contributed by atoms with E-state index in [1.807, 2.05) is 25.3 Å². The maximum Gasteiger partial charge on any atom is 0.270 e. The van der Waals surface area contributed by atoms with Gasteiger partial charge >= 0.3 is 0 Å². The summed E-state index contributed by atoms with van der Waals surface area (Å²) >= 11 is 0. The first kappa shape index (κ1) is 18.8. The molecule has 3 heterocycles. The lowest BCUT2D eigenvalue weighted by molar-refractivity contribution is 0.0913. The van der Waals surface area contributed by atoms with E-state index < -0.39 is 0 Å². The van der Waals surface area contributed by atoms with Crippen molar-refractivity contribution >= 4 is 11.9 Å². The zero-order chi connectivity index (χ0) is 19.7. The summed E-state index contributed by atoms with van der Waals surface area (Å²) in [4.78, 5) is 28.7. The van der Waals surface area contributed by atoms with Gasteiger partial charge in [-0.1, -0.05) is 19.9 Å². The molecule has 1 N–H and O–H groups in total. The van der Waals surface area contributed by atoms with Crippen LogP contribution in [0.2, 0.25) is 0 Å². The molecule has 28 heavy (non-hydrogen) atoms. The first-order chi connectivity index (χ1) is 13.4. The summed E-state index contributed by atoms with van der Waals surface area (Å²) in [6.45, 7) is 9.34. The SMILES string of the molecule is Cc1cccc(C(=O)N[C@H]2CC(C)(C)Cc3nc(N4CCOCC4)ncc32)n1. The highest BCUT2D eigenvalue weighted by Gasteiger charge is 2.35. The number of nitrogens with one attached hydrogen (secondary N) is 1. The van der Waals surface area contributed by atoms with Crippen LogP contribution in [-0.2, 0) is 11.2 Å². The number of aryl methyl sites for hydroxylation is 1. The number of ether oxygens (including phenoxy) is 1. The molecule has 7 heteroatoms. The molecule has 1 aliphatic heterocycles. The Labute approximate surface area is 165 Å². The number of carbonyl (C=O) groups is 1. The summed E-state index contributed by atoms with van der Waals surface area (Å²) in [5.74, 6) is 0.597. The normalized spacial score (nSPS) is 21.1. The van der Waals surface area contributed by atoms with Gasteiger partial charge in [0, 0.05) is 30.5 Å². The quantitative estimate of drug-likeness (QED) is 0.880. The zero-order valence-electron chi connectivity index (χ0n) is 16.7.